The molecule has 9 heteroatoms. The zero-order valence-electron chi connectivity index (χ0n) is 11.9. The Hall–Kier alpha value is -1.32. The fraction of sp³-hybridized carbons (Fsp3) is 0.818. The minimum atomic E-state index is -1.40. The van der Waals surface area contributed by atoms with Crippen molar-refractivity contribution in [3.8, 4) is 0 Å². The van der Waals surface area contributed by atoms with Gasteiger partial charge in [-0.25, -0.2) is 0 Å². The van der Waals surface area contributed by atoms with Crippen molar-refractivity contribution in [2.75, 3.05) is 27.2 Å². The first-order valence-corrected chi connectivity index (χ1v) is 6.57. The molecule has 0 aromatic heterocycles. The standard InChI is InChI=1S/C11H23BN4O4/c1-15(2)10(13)16-6-8(4-3-5-12(19)20)11(14,7-16)9(17)18/h8,13,19-20H,3-7,14H2,1-2H3,(H,17,18). The SMILES string of the molecule is CN(C)C(=N)N1CC(CCCB(O)O)C(N)(C(=O)O)C1. The third-order valence-corrected chi connectivity index (χ3v) is 3.76. The minimum absolute atomic E-state index is 0.0890. The third kappa shape index (κ3) is 3.62. The third-order valence-electron chi connectivity index (χ3n) is 3.76. The van der Waals surface area contributed by atoms with Crippen LogP contribution in [0.2, 0.25) is 6.32 Å². The van der Waals surface area contributed by atoms with Gasteiger partial charge >= 0.3 is 13.1 Å². The molecule has 8 nitrogen and oxygen atoms in total. The maximum atomic E-state index is 11.4. The molecule has 0 bridgehead atoms. The number of aliphatic carboxylic acids is 1. The van der Waals surface area contributed by atoms with Crippen molar-refractivity contribution in [2.45, 2.75) is 24.7 Å². The van der Waals surface area contributed by atoms with Crippen molar-refractivity contribution in [2.24, 2.45) is 11.7 Å². The summed E-state index contributed by atoms with van der Waals surface area (Å²) in [5, 5.41) is 34.9. The molecule has 0 spiro atoms. The number of nitrogens with one attached hydrogen (secondary N) is 1. The highest BCUT2D eigenvalue weighted by Gasteiger charge is 2.50. The summed E-state index contributed by atoms with van der Waals surface area (Å²) in [6, 6.07) is 0. The quantitative estimate of drug-likeness (QED) is 0.234. The lowest BCUT2D eigenvalue weighted by molar-refractivity contribution is -0.144. The van der Waals surface area contributed by atoms with Crippen molar-refractivity contribution >= 4 is 19.0 Å². The van der Waals surface area contributed by atoms with E-state index in [-0.39, 0.29) is 24.7 Å². The minimum Gasteiger partial charge on any atom is -0.480 e. The van der Waals surface area contributed by atoms with Gasteiger partial charge in [0.05, 0.1) is 0 Å². The van der Waals surface area contributed by atoms with Gasteiger partial charge in [-0.15, -0.1) is 0 Å². The number of rotatable bonds is 5. The summed E-state index contributed by atoms with van der Waals surface area (Å²) in [4.78, 5) is 14.7. The van der Waals surface area contributed by atoms with Crippen LogP contribution in [-0.4, -0.2) is 76.7 Å². The lowest BCUT2D eigenvalue weighted by Crippen LogP contribution is -2.55. The average Bonchev–Trinajstić information content (AvgIpc) is 2.67. The topological polar surface area (TPSA) is 134 Å². The predicted molar refractivity (Wildman–Crippen MR) is 75.3 cm³/mol. The Bertz CT molecular complexity index is 379. The summed E-state index contributed by atoms with van der Waals surface area (Å²) in [5.74, 6) is -1.18. The maximum Gasteiger partial charge on any atom is 0.451 e. The zero-order valence-corrected chi connectivity index (χ0v) is 11.9. The zero-order chi connectivity index (χ0) is 15.5. The molecule has 1 saturated heterocycles. The number of carboxylic acid groups (broad SMARTS) is 1. The van der Waals surface area contributed by atoms with Crippen LogP contribution in [0.15, 0.2) is 0 Å². The molecule has 20 heavy (non-hydrogen) atoms. The number of guanidine groups is 1. The largest absolute Gasteiger partial charge is 0.480 e. The van der Waals surface area contributed by atoms with E-state index < -0.39 is 18.6 Å². The highest BCUT2D eigenvalue weighted by atomic mass is 16.4. The van der Waals surface area contributed by atoms with E-state index in [0.29, 0.717) is 19.4 Å². The summed E-state index contributed by atoms with van der Waals surface area (Å²) in [6.45, 7) is 0.479. The van der Waals surface area contributed by atoms with Crippen molar-refractivity contribution < 1.29 is 19.9 Å². The first-order chi connectivity index (χ1) is 9.18. The van der Waals surface area contributed by atoms with Crippen LogP contribution in [-0.2, 0) is 4.79 Å². The number of hydrogen-bond acceptors (Lipinski definition) is 5. The molecule has 1 aliphatic rings. The van der Waals surface area contributed by atoms with E-state index in [1.54, 1.807) is 23.9 Å². The van der Waals surface area contributed by atoms with Gasteiger partial charge in [0, 0.05) is 33.1 Å². The Morgan fingerprint density at radius 3 is 2.60 bits per heavy atom. The van der Waals surface area contributed by atoms with E-state index in [1.807, 2.05) is 0 Å². The first kappa shape index (κ1) is 16.7. The molecule has 0 saturated carbocycles. The molecular formula is C11H23BN4O4. The molecule has 1 heterocycles. The van der Waals surface area contributed by atoms with E-state index >= 15 is 0 Å². The van der Waals surface area contributed by atoms with E-state index in [1.165, 1.54) is 0 Å². The van der Waals surface area contributed by atoms with E-state index in [4.69, 9.17) is 21.2 Å². The number of likely N-dealkylation sites (tertiary alicyclic amines) is 1. The Morgan fingerprint density at radius 2 is 2.15 bits per heavy atom. The van der Waals surface area contributed by atoms with E-state index in [0.717, 1.165) is 0 Å². The average molecular weight is 286 g/mol. The van der Waals surface area contributed by atoms with Crippen LogP contribution < -0.4 is 5.73 Å². The molecule has 6 N–H and O–H groups in total. The molecule has 1 rings (SSSR count). The van der Waals surface area contributed by atoms with Gasteiger partial charge in [-0.1, -0.05) is 6.42 Å². The number of carboxylic acids is 1. The number of carbonyl (C=O) groups is 1. The molecular weight excluding hydrogens is 263 g/mol. The predicted octanol–water partition coefficient (Wildman–Crippen LogP) is -1.55. The van der Waals surface area contributed by atoms with Crippen LogP contribution in [0.4, 0.5) is 0 Å². The fourth-order valence-corrected chi connectivity index (χ4v) is 2.52. The van der Waals surface area contributed by atoms with Gasteiger partial charge < -0.3 is 30.7 Å². The molecule has 1 aliphatic heterocycles. The molecule has 2 atom stereocenters. The molecule has 2 unspecified atom stereocenters. The van der Waals surface area contributed by atoms with Crippen LogP contribution >= 0.6 is 0 Å². The van der Waals surface area contributed by atoms with Crippen LogP contribution in [0.5, 0.6) is 0 Å². The van der Waals surface area contributed by atoms with Crippen LogP contribution in [0.3, 0.4) is 0 Å². The summed E-state index contributed by atoms with van der Waals surface area (Å²) in [5.41, 5.74) is 4.61. The van der Waals surface area contributed by atoms with Gasteiger partial charge in [0.2, 0.25) is 0 Å². The Morgan fingerprint density at radius 1 is 1.55 bits per heavy atom. The van der Waals surface area contributed by atoms with Crippen LogP contribution in [0.25, 0.3) is 0 Å². The van der Waals surface area contributed by atoms with Crippen molar-refractivity contribution in [3.63, 3.8) is 0 Å². The first-order valence-electron chi connectivity index (χ1n) is 6.57. The van der Waals surface area contributed by atoms with Crippen molar-refractivity contribution in [3.05, 3.63) is 0 Å². The molecule has 0 amide bonds. The molecule has 114 valence electrons. The van der Waals surface area contributed by atoms with Gasteiger partial charge in [0.25, 0.3) is 0 Å². The summed E-state index contributed by atoms with van der Waals surface area (Å²) in [7, 11) is 2.05. The molecule has 0 aromatic carbocycles. The lowest BCUT2D eigenvalue weighted by atomic mass is 9.78. The molecule has 1 fully saturated rings. The van der Waals surface area contributed by atoms with Gasteiger partial charge in [-0.05, 0) is 12.7 Å². The van der Waals surface area contributed by atoms with Crippen molar-refractivity contribution in [1.29, 1.82) is 5.41 Å². The Labute approximate surface area is 118 Å². The van der Waals surface area contributed by atoms with Gasteiger partial charge in [0.1, 0.15) is 5.54 Å². The second-order valence-electron chi connectivity index (χ2n) is 5.55. The summed E-state index contributed by atoms with van der Waals surface area (Å²) < 4.78 is 0. The molecule has 0 aromatic rings. The van der Waals surface area contributed by atoms with E-state index in [2.05, 4.69) is 0 Å². The lowest BCUT2D eigenvalue weighted by Gasteiger charge is -2.26. The van der Waals surface area contributed by atoms with Crippen LogP contribution in [0.1, 0.15) is 12.8 Å². The Balaban J connectivity index is 2.74. The van der Waals surface area contributed by atoms with Gasteiger partial charge in [-0.3, -0.25) is 10.2 Å². The smallest absolute Gasteiger partial charge is 0.451 e. The number of nitrogens with zero attached hydrogens (tertiary/aromatic N) is 2. The second kappa shape index (κ2) is 6.42. The second-order valence-corrected chi connectivity index (χ2v) is 5.55. The molecule has 0 radical (unpaired) electrons. The summed E-state index contributed by atoms with van der Waals surface area (Å²) >= 11 is 0. The van der Waals surface area contributed by atoms with Crippen LogP contribution in [0, 0.1) is 11.3 Å². The highest BCUT2D eigenvalue weighted by molar-refractivity contribution is 6.40. The normalized spacial score (nSPS) is 25.6. The highest BCUT2D eigenvalue weighted by Crippen LogP contribution is 2.30. The van der Waals surface area contributed by atoms with Crippen molar-refractivity contribution in [1.82, 2.24) is 9.80 Å². The Kier molecular flexibility index (Phi) is 5.38. The monoisotopic (exact) mass is 286 g/mol. The fourth-order valence-electron chi connectivity index (χ4n) is 2.52. The maximum absolute atomic E-state index is 11.4. The number of nitrogens with two attached hydrogens (primary N) is 1. The van der Waals surface area contributed by atoms with Gasteiger partial charge in [-0.2, -0.15) is 0 Å². The summed E-state index contributed by atoms with van der Waals surface area (Å²) in [6.07, 6.45) is 1.16. The van der Waals surface area contributed by atoms with E-state index in [9.17, 15) is 9.90 Å². The van der Waals surface area contributed by atoms with Gasteiger partial charge in [0.15, 0.2) is 5.96 Å². The number of hydrogen-bond donors (Lipinski definition) is 5. The molecule has 0 aliphatic carbocycles.